The van der Waals surface area contributed by atoms with Crippen molar-refractivity contribution in [2.75, 3.05) is 11.4 Å². The SMILES string of the molecule is C=CCn1c(COc2ccccc2F)nnc1SC(C)C(=O)N(CC)c1ccccc1. The predicted octanol–water partition coefficient (Wildman–Crippen LogP) is 4.72. The molecule has 8 heteroatoms. The Labute approximate surface area is 185 Å². The minimum atomic E-state index is -0.438. The van der Waals surface area contributed by atoms with E-state index in [1.807, 2.05) is 48.7 Å². The number of nitrogens with zero attached hydrogens (tertiary/aromatic N) is 4. The maximum absolute atomic E-state index is 13.8. The highest BCUT2D eigenvalue weighted by Gasteiger charge is 2.24. The third-order valence-corrected chi connectivity index (χ3v) is 5.65. The smallest absolute Gasteiger partial charge is 0.240 e. The van der Waals surface area contributed by atoms with Crippen LogP contribution in [0.25, 0.3) is 0 Å². The Hall–Kier alpha value is -3.13. The molecule has 0 radical (unpaired) electrons. The molecule has 0 N–H and O–H groups in total. The highest BCUT2D eigenvalue weighted by Crippen LogP contribution is 2.26. The molecule has 6 nitrogen and oxygen atoms in total. The summed E-state index contributed by atoms with van der Waals surface area (Å²) in [6.45, 7) is 8.64. The number of anilines is 1. The number of aromatic nitrogens is 3. The lowest BCUT2D eigenvalue weighted by Gasteiger charge is -2.24. The van der Waals surface area contributed by atoms with Crippen molar-refractivity contribution in [1.82, 2.24) is 14.8 Å². The minimum absolute atomic E-state index is 0.0176. The van der Waals surface area contributed by atoms with Gasteiger partial charge in [-0.1, -0.05) is 48.2 Å². The number of allylic oxidation sites excluding steroid dienone is 1. The highest BCUT2D eigenvalue weighted by molar-refractivity contribution is 8.00. The fraction of sp³-hybridized carbons (Fsp3) is 0.261. The van der Waals surface area contributed by atoms with Crippen LogP contribution in [0.3, 0.4) is 0 Å². The lowest BCUT2D eigenvalue weighted by atomic mass is 10.2. The van der Waals surface area contributed by atoms with Crippen LogP contribution in [0, 0.1) is 5.82 Å². The van der Waals surface area contributed by atoms with Gasteiger partial charge in [0.25, 0.3) is 0 Å². The first-order valence-electron chi connectivity index (χ1n) is 9.98. The number of para-hydroxylation sites is 2. The van der Waals surface area contributed by atoms with Crippen molar-refractivity contribution in [2.24, 2.45) is 0 Å². The number of carbonyl (C=O) groups excluding carboxylic acids is 1. The van der Waals surface area contributed by atoms with E-state index in [1.165, 1.54) is 17.8 Å². The summed E-state index contributed by atoms with van der Waals surface area (Å²) in [7, 11) is 0. The van der Waals surface area contributed by atoms with Crippen molar-refractivity contribution < 1.29 is 13.9 Å². The predicted molar refractivity (Wildman–Crippen MR) is 121 cm³/mol. The molecule has 31 heavy (non-hydrogen) atoms. The monoisotopic (exact) mass is 440 g/mol. The van der Waals surface area contributed by atoms with Crippen molar-refractivity contribution in [3.8, 4) is 5.75 Å². The van der Waals surface area contributed by atoms with Gasteiger partial charge >= 0.3 is 0 Å². The van der Waals surface area contributed by atoms with E-state index in [4.69, 9.17) is 4.74 Å². The number of amides is 1. The second-order valence-corrected chi connectivity index (χ2v) is 8.00. The minimum Gasteiger partial charge on any atom is -0.483 e. The van der Waals surface area contributed by atoms with E-state index < -0.39 is 5.82 Å². The summed E-state index contributed by atoms with van der Waals surface area (Å²) in [6, 6.07) is 15.8. The Morgan fingerprint density at radius 1 is 1.23 bits per heavy atom. The van der Waals surface area contributed by atoms with Crippen LogP contribution in [0.2, 0.25) is 0 Å². The van der Waals surface area contributed by atoms with Crippen molar-refractivity contribution in [1.29, 1.82) is 0 Å². The molecule has 1 heterocycles. The summed E-state index contributed by atoms with van der Waals surface area (Å²) >= 11 is 1.32. The van der Waals surface area contributed by atoms with Crippen molar-refractivity contribution >= 4 is 23.4 Å². The molecule has 1 atom stereocenters. The molecule has 0 aliphatic heterocycles. The molecule has 0 aliphatic rings. The summed E-state index contributed by atoms with van der Waals surface area (Å²) in [5.74, 6) is 0.221. The first kappa shape index (κ1) is 22.6. The summed E-state index contributed by atoms with van der Waals surface area (Å²) in [6.07, 6.45) is 1.72. The maximum atomic E-state index is 13.8. The average Bonchev–Trinajstić information content (AvgIpc) is 3.16. The number of halogens is 1. The second kappa shape index (κ2) is 10.8. The second-order valence-electron chi connectivity index (χ2n) is 6.70. The van der Waals surface area contributed by atoms with E-state index in [-0.39, 0.29) is 23.5 Å². The van der Waals surface area contributed by atoms with E-state index in [1.54, 1.807) is 29.2 Å². The van der Waals surface area contributed by atoms with Gasteiger partial charge in [-0.2, -0.15) is 0 Å². The Kier molecular flexibility index (Phi) is 7.83. The fourth-order valence-corrected chi connectivity index (χ4v) is 3.97. The molecule has 0 fully saturated rings. The number of hydrogen-bond donors (Lipinski definition) is 0. The van der Waals surface area contributed by atoms with Gasteiger partial charge in [0, 0.05) is 18.8 Å². The lowest BCUT2D eigenvalue weighted by Crippen LogP contribution is -2.36. The van der Waals surface area contributed by atoms with Crippen LogP contribution in [-0.2, 0) is 17.9 Å². The van der Waals surface area contributed by atoms with Crippen LogP contribution in [0.5, 0.6) is 5.75 Å². The van der Waals surface area contributed by atoms with Gasteiger partial charge < -0.3 is 9.64 Å². The van der Waals surface area contributed by atoms with E-state index in [0.717, 1.165) is 5.69 Å². The van der Waals surface area contributed by atoms with Gasteiger partial charge in [-0.05, 0) is 38.1 Å². The number of benzene rings is 2. The third kappa shape index (κ3) is 5.52. The standard InChI is InChI=1S/C23H25FN4O2S/c1-4-15-28-21(16-30-20-14-10-9-13-19(20)24)25-26-23(28)31-17(3)22(29)27(5-2)18-11-7-6-8-12-18/h4,6-14,17H,1,5,15-16H2,2-3H3. The van der Waals surface area contributed by atoms with Gasteiger partial charge in [0.1, 0.15) is 6.61 Å². The highest BCUT2D eigenvalue weighted by atomic mass is 32.2. The van der Waals surface area contributed by atoms with Crippen molar-refractivity contribution in [2.45, 2.75) is 37.4 Å². The van der Waals surface area contributed by atoms with Gasteiger partial charge in [-0.15, -0.1) is 16.8 Å². The number of carbonyl (C=O) groups is 1. The molecule has 0 aliphatic carbocycles. The molecular weight excluding hydrogens is 415 g/mol. The average molecular weight is 441 g/mol. The molecule has 3 aromatic rings. The number of rotatable bonds is 10. The first-order chi connectivity index (χ1) is 15.0. The molecule has 1 aromatic heterocycles. The Bertz CT molecular complexity index is 1030. The van der Waals surface area contributed by atoms with Crippen LogP contribution >= 0.6 is 11.8 Å². The quantitative estimate of drug-likeness (QED) is 0.337. The molecular formula is C23H25FN4O2S. The largest absolute Gasteiger partial charge is 0.483 e. The zero-order valence-electron chi connectivity index (χ0n) is 17.6. The van der Waals surface area contributed by atoms with Crippen LogP contribution in [0.15, 0.2) is 72.4 Å². The van der Waals surface area contributed by atoms with E-state index in [0.29, 0.717) is 24.1 Å². The maximum Gasteiger partial charge on any atom is 0.240 e. The number of hydrogen-bond acceptors (Lipinski definition) is 5. The third-order valence-electron chi connectivity index (χ3n) is 4.58. The lowest BCUT2D eigenvalue weighted by molar-refractivity contribution is -0.117. The molecule has 1 unspecified atom stereocenters. The summed E-state index contributed by atoms with van der Waals surface area (Å²) in [5, 5.41) is 8.62. The molecule has 0 saturated heterocycles. The Balaban J connectivity index is 1.74. The Morgan fingerprint density at radius 2 is 1.94 bits per heavy atom. The fourth-order valence-electron chi connectivity index (χ4n) is 3.03. The summed E-state index contributed by atoms with van der Waals surface area (Å²) in [5.41, 5.74) is 0.856. The molecule has 0 spiro atoms. The van der Waals surface area contributed by atoms with Gasteiger partial charge in [-0.3, -0.25) is 9.36 Å². The van der Waals surface area contributed by atoms with Gasteiger partial charge in [0.05, 0.1) is 5.25 Å². The number of ether oxygens (including phenoxy) is 1. The van der Waals surface area contributed by atoms with Crippen molar-refractivity contribution in [3.63, 3.8) is 0 Å². The first-order valence-corrected chi connectivity index (χ1v) is 10.9. The molecule has 0 saturated carbocycles. The van der Waals surface area contributed by atoms with Crippen LogP contribution in [-0.4, -0.2) is 32.5 Å². The molecule has 2 aromatic carbocycles. The van der Waals surface area contributed by atoms with Gasteiger partial charge in [0.2, 0.25) is 5.91 Å². The van der Waals surface area contributed by atoms with Gasteiger partial charge in [-0.25, -0.2) is 4.39 Å². The topological polar surface area (TPSA) is 60.2 Å². The molecule has 3 rings (SSSR count). The summed E-state index contributed by atoms with van der Waals surface area (Å²) in [4.78, 5) is 14.8. The van der Waals surface area contributed by atoms with Gasteiger partial charge in [0.15, 0.2) is 22.5 Å². The van der Waals surface area contributed by atoms with E-state index >= 15 is 0 Å². The van der Waals surface area contributed by atoms with E-state index in [9.17, 15) is 9.18 Å². The molecule has 162 valence electrons. The zero-order chi connectivity index (χ0) is 22.2. The number of thioether (sulfide) groups is 1. The Morgan fingerprint density at radius 3 is 2.61 bits per heavy atom. The van der Waals surface area contributed by atoms with E-state index in [2.05, 4.69) is 16.8 Å². The summed E-state index contributed by atoms with van der Waals surface area (Å²) < 4.78 is 21.2. The molecule has 0 bridgehead atoms. The zero-order valence-corrected chi connectivity index (χ0v) is 18.4. The van der Waals surface area contributed by atoms with Crippen LogP contribution < -0.4 is 9.64 Å². The van der Waals surface area contributed by atoms with Crippen molar-refractivity contribution in [3.05, 3.63) is 78.9 Å². The van der Waals surface area contributed by atoms with Crippen LogP contribution in [0.4, 0.5) is 10.1 Å². The van der Waals surface area contributed by atoms with Crippen LogP contribution in [0.1, 0.15) is 19.7 Å². The molecule has 1 amide bonds. The normalized spacial score (nSPS) is 11.7.